The number of β-amino-alcohol motifs (C(OH)–C–C–N with tert-alkyl or cyclic N) is 1. The maximum atomic E-state index is 12.7. The van der Waals surface area contributed by atoms with E-state index in [1.807, 2.05) is 30.3 Å². The van der Waals surface area contributed by atoms with Crippen molar-refractivity contribution in [1.29, 1.82) is 0 Å². The highest BCUT2D eigenvalue weighted by Gasteiger charge is 2.20. The van der Waals surface area contributed by atoms with Crippen molar-refractivity contribution in [3.05, 3.63) is 118 Å². The number of pyridine rings is 1. The molecule has 40 heavy (non-hydrogen) atoms. The van der Waals surface area contributed by atoms with E-state index in [0.717, 1.165) is 45.9 Å². The van der Waals surface area contributed by atoms with Crippen LogP contribution < -0.4 is 10.6 Å². The van der Waals surface area contributed by atoms with Crippen LogP contribution in [0.2, 0.25) is 0 Å². The molecular weight excluding hydrogens is 496 g/mol. The van der Waals surface area contributed by atoms with Gasteiger partial charge < -0.3 is 20.3 Å². The highest BCUT2D eigenvalue weighted by atomic mass is 16.3. The van der Waals surface area contributed by atoms with Gasteiger partial charge in [-0.3, -0.25) is 4.79 Å². The van der Waals surface area contributed by atoms with Crippen molar-refractivity contribution in [2.24, 2.45) is 0 Å². The third-order valence-corrected chi connectivity index (χ3v) is 7.62. The third-order valence-electron chi connectivity index (χ3n) is 7.62. The molecule has 0 aliphatic heterocycles. The third kappa shape index (κ3) is 7.46. The summed E-state index contributed by atoms with van der Waals surface area (Å²) >= 11 is 0. The molecule has 6 nitrogen and oxygen atoms in total. The monoisotopic (exact) mass is 538 g/mol. The summed E-state index contributed by atoms with van der Waals surface area (Å²) < 4.78 is 2.10. The molecule has 2 aromatic heterocycles. The highest BCUT2D eigenvalue weighted by Crippen LogP contribution is 2.20. The minimum Gasteiger partial charge on any atom is -0.387 e. The van der Waals surface area contributed by atoms with Gasteiger partial charge in [0.15, 0.2) is 0 Å². The van der Waals surface area contributed by atoms with E-state index in [-0.39, 0.29) is 11.4 Å². The van der Waals surface area contributed by atoms with Crippen LogP contribution in [0.1, 0.15) is 64.7 Å². The van der Waals surface area contributed by atoms with Crippen molar-refractivity contribution in [2.75, 3.05) is 6.54 Å². The number of hydrogen-bond acceptors (Lipinski definition) is 4. The number of nitrogens with one attached hydrogen (secondary N) is 2. The lowest BCUT2D eigenvalue weighted by molar-refractivity contribution is -0.120. The van der Waals surface area contributed by atoms with Crippen LogP contribution in [-0.4, -0.2) is 32.6 Å². The first-order chi connectivity index (χ1) is 19.0. The van der Waals surface area contributed by atoms with Gasteiger partial charge in [0.05, 0.1) is 12.5 Å². The molecule has 4 aromatic rings. The maximum Gasteiger partial charge on any atom is 0.224 e. The Bertz CT molecular complexity index is 1430. The van der Waals surface area contributed by atoms with Gasteiger partial charge in [0, 0.05) is 41.8 Å². The number of rotatable bonds is 11. The average molecular weight is 539 g/mol. The summed E-state index contributed by atoms with van der Waals surface area (Å²) in [6.45, 7) is 13.5. The molecule has 6 heteroatoms. The number of benzene rings is 2. The van der Waals surface area contributed by atoms with Gasteiger partial charge in [-0.15, -0.1) is 0 Å². The van der Waals surface area contributed by atoms with Crippen LogP contribution in [0.4, 0.5) is 0 Å². The molecule has 0 aliphatic rings. The minimum absolute atomic E-state index is 0.0142. The van der Waals surface area contributed by atoms with Gasteiger partial charge in [-0.1, -0.05) is 48.5 Å². The van der Waals surface area contributed by atoms with Crippen molar-refractivity contribution >= 4 is 5.91 Å². The van der Waals surface area contributed by atoms with Crippen LogP contribution in [0.15, 0.2) is 72.9 Å². The Morgan fingerprint density at radius 1 is 0.950 bits per heavy atom. The zero-order valence-corrected chi connectivity index (χ0v) is 24.6. The van der Waals surface area contributed by atoms with Gasteiger partial charge in [0.2, 0.25) is 5.91 Å². The molecule has 0 fully saturated rings. The largest absolute Gasteiger partial charge is 0.387 e. The molecule has 4 rings (SSSR count). The number of nitrogens with zero attached hydrogens (tertiary/aromatic N) is 2. The molecule has 0 spiro atoms. The van der Waals surface area contributed by atoms with Crippen LogP contribution >= 0.6 is 0 Å². The van der Waals surface area contributed by atoms with E-state index in [1.165, 1.54) is 11.1 Å². The lowest BCUT2D eigenvalue weighted by Gasteiger charge is -2.28. The lowest BCUT2D eigenvalue weighted by atomic mass is 9.93. The molecule has 1 atom stereocenters. The fraction of sp³-hybridized carbons (Fsp3) is 0.353. The van der Waals surface area contributed by atoms with Crippen LogP contribution in [0, 0.1) is 27.7 Å². The standard InChI is InChI=1S/C34H42N4O2/c1-23-9-7-12-29(26(23)4)20-36-33(40)18-27-10-8-11-28(17-27)19-34(5,6)37-22-31(39)30-15-16-32(35-21-30)38-24(2)13-14-25(38)3/h7-17,21,31,37,39H,18-20,22H2,1-6H3,(H,36,40)/t31-/m1/s1. The summed E-state index contributed by atoms with van der Waals surface area (Å²) in [4.78, 5) is 17.2. The molecule has 0 bridgehead atoms. The number of aromatic nitrogens is 2. The topological polar surface area (TPSA) is 79.2 Å². The number of amides is 1. The summed E-state index contributed by atoms with van der Waals surface area (Å²) in [5.74, 6) is 0.864. The quantitative estimate of drug-likeness (QED) is 0.232. The summed E-state index contributed by atoms with van der Waals surface area (Å²) in [7, 11) is 0. The average Bonchev–Trinajstić information content (AvgIpc) is 3.25. The normalized spacial score (nSPS) is 12.4. The lowest BCUT2D eigenvalue weighted by Crippen LogP contribution is -2.43. The van der Waals surface area contributed by atoms with E-state index in [4.69, 9.17) is 0 Å². The highest BCUT2D eigenvalue weighted by molar-refractivity contribution is 5.78. The van der Waals surface area contributed by atoms with Crippen molar-refractivity contribution in [3.8, 4) is 5.82 Å². The Labute approximate surface area is 238 Å². The fourth-order valence-electron chi connectivity index (χ4n) is 5.11. The van der Waals surface area contributed by atoms with Crippen LogP contribution in [0.3, 0.4) is 0 Å². The number of hydrogen-bond donors (Lipinski definition) is 3. The summed E-state index contributed by atoms with van der Waals surface area (Å²) in [6, 6.07) is 22.4. The Balaban J connectivity index is 1.29. The van der Waals surface area contributed by atoms with E-state index in [2.05, 4.69) is 98.1 Å². The fourth-order valence-corrected chi connectivity index (χ4v) is 5.11. The zero-order chi connectivity index (χ0) is 28.9. The van der Waals surface area contributed by atoms with Gasteiger partial charge in [-0.05, 0) is 94.0 Å². The molecule has 0 saturated carbocycles. The SMILES string of the molecule is Cc1cccc(CNC(=O)Cc2cccc(CC(C)(C)NC[C@@H](O)c3ccc(-n4c(C)ccc4C)nc3)c2)c1C. The van der Waals surface area contributed by atoms with Crippen LogP contribution in [0.5, 0.6) is 0 Å². The summed E-state index contributed by atoms with van der Waals surface area (Å²) in [5.41, 5.74) is 8.53. The molecule has 2 aromatic carbocycles. The van der Waals surface area contributed by atoms with Gasteiger partial charge >= 0.3 is 0 Å². The first kappa shape index (κ1) is 29.2. The number of aliphatic hydroxyl groups is 1. The second-order valence-corrected chi connectivity index (χ2v) is 11.5. The molecule has 1 amide bonds. The number of aliphatic hydroxyl groups excluding tert-OH is 1. The van der Waals surface area contributed by atoms with E-state index in [9.17, 15) is 9.90 Å². The molecule has 0 aliphatic carbocycles. The molecule has 0 saturated heterocycles. The maximum absolute atomic E-state index is 12.7. The van der Waals surface area contributed by atoms with Gasteiger partial charge in [0.1, 0.15) is 5.82 Å². The molecular formula is C34H42N4O2. The Hall–Kier alpha value is -3.74. The van der Waals surface area contributed by atoms with Crippen molar-refractivity contribution in [2.45, 2.75) is 72.6 Å². The molecule has 0 unspecified atom stereocenters. The van der Waals surface area contributed by atoms with E-state index in [1.54, 1.807) is 6.20 Å². The van der Waals surface area contributed by atoms with E-state index in [0.29, 0.717) is 19.5 Å². The Kier molecular flexibility index (Phi) is 9.23. The molecule has 210 valence electrons. The van der Waals surface area contributed by atoms with Crippen molar-refractivity contribution in [1.82, 2.24) is 20.2 Å². The minimum atomic E-state index is -0.667. The summed E-state index contributed by atoms with van der Waals surface area (Å²) in [6.07, 6.45) is 2.19. The Morgan fingerprint density at radius 2 is 1.65 bits per heavy atom. The molecule has 3 N–H and O–H groups in total. The first-order valence-corrected chi connectivity index (χ1v) is 14.0. The van der Waals surface area contributed by atoms with Crippen molar-refractivity contribution < 1.29 is 9.90 Å². The van der Waals surface area contributed by atoms with E-state index < -0.39 is 6.10 Å². The second-order valence-electron chi connectivity index (χ2n) is 11.5. The van der Waals surface area contributed by atoms with Gasteiger partial charge in [0.25, 0.3) is 0 Å². The Morgan fingerprint density at radius 3 is 2.35 bits per heavy atom. The number of aryl methyl sites for hydroxylation is 3. The summed E-state index contributed by atoms with van der Waals surface area (Å²) in [5, 5.41) is 17.4. The van der Waals surface area contributed by atoms with Gasteiger partial charge in [-0.2, -0.15) is 0 Å². The molecule has 2 heterocycles. The first-order valence-electron chi connectivity index (χ1n) is 14.0. The smallest absolute Gasteiger partial charge is 0.224 e. The van der Waals surface area contributed by atoms with Crippen LogP contribution in [-0.2, 0) is 24.2 Å². The van der Waals surface area contributed by atoms with Gasteiger partial charge in [-0.25, -0.2) is 4.98 Å². The predicted octanol–water partition coefficient (Wildman–Crippen LogP) is 5.61. The van der Waals surface area contributed by atoms with E-state index >= 15 is 0 Å². The second kappa shape index (κ2) is 12.6. The number of carbonyl (C=O) groups excluding carboxylic acids is 1. The predicted molar refractivity (Wildman–Crippen MR) is 162 cm³/mol. The number of carbonyl (C=O) groups is 1. The van der Waals surface area contributed by atoms with Crippen LogP contribution in [0.25, 0.3) is 5.82 Å². The zero-order valence-electron chi connectivity index (χ0n) is 24.6. The van der Waals surface area contributed by atoms with Crippen molar-refractivity contribution in [3.63, 3.8) is 0 Å². The molecule has 0 radical (unpaired) electrons.